The third kappa shape index (κ3) is 2.86. The molecule has 1 aliphatic rings. The number of ether oxygens (including phenoxy) is 1. The zero-order chi connectivity index (χ0) is 13.9. The van der Waals surface area contributed by atoms with E-state index in [9.17, 15) is 0 Å². The molecule has 0 bridgehead atoms. The molecule has 1 atom stereocenters. The standard InChI is InChI=1S/C16H20N2OS/c1-11-18-13(10-20-11)9-17-16-5-3-4-12-8-14(19-2)6-7-15(12)16/h6-8,10,16-17H,3-5,9H2,1-2H3. The number of fused-ring (bicyclic) bond motifs is 1. The lowest BCUT2D eigenvalue weighted by Crippen LogP contribution is -2.25. The molecule has 1 heterocycles. The highest BCUT2D eigenvalue weighted by molar-refractivity contribution is 7.09. The van der Waals surface area contributed by atoms with Gasteiger partial charge >= 0.3 is 0 Å². The van der Waals surface area contributed by atoms with Crippen molar-refractivity contribution in [3.05, 3.63) is 45.4 Å². The number of benzene rings is 1. The second-order valence-corrected chi connectivity index (χ2v) is 6.31. The fraction of sp³-hybridized carbons (Fsp3) is 0.438. The predicted molar refractivity (Wildman–Crippen MR) is 82.4 cm³/mol. The monoisotopic (exact) mass is 288 g/mol. The summed E-state index contributed by atoms with van der Waals surface area (Å²) in [5.41, 5.74) is 3.99. The summed E-state index contributed by atoms with van der Waals surface area (Å²) in [6.07, 6.45) is 3.58. The molecule has 0 aliphatic heterocycles. The molecule has 1 unspecified atom stereocenters. The minimum Gasteiger partial charge on any atom is -0.497 e. The van der Waals surface area contributed by atoms with Crippen LogP contribution in [0.3, 0.4) is 0 Å². The Morgan fingerprint density at radius 1 is 1.45 bits per heavy atom. The molecule has 2 aromatic rings. The van der Waals surface area contributed by atoms with Crippen molar-refractivity contribution in [2.75, 3.05) is 7.11 Å². The van der Waals surface area contributed by atoms with E-state index >= 15 is 0 Å². The van der Waals surface area contributed by atoms with Crippen LogP contribution in [-0.4, -0.2) is 12.1 Å². The Hall–Kier alpha value is -1.39. The fourth-order valence-corrected chi connectivity index (χ4v) is 3.46. The first-order valence-corrected chi connectivity index (χ1v) is 7.95. The van der Waals surface area contributed by atoms with Crippen LogP contribution in [0.1, 0.15) is 40.7 Å². The van der Waals surface area contributed by atoms with Crippen LogP contribution in [0.25, 0.3) is 0 Å². The van der Waals surface area contributed by atoms with E-state index in [-0.39, 0.29) is 0 Å². The van der Waals surface area contributed by atoms with Crippen LogP contribution >= 0.6 is 11.3 Å². The van der Waals surface area contributed by atoms with E-state index in [0.717, 1.165) is 29.4 Å². The molecule has 0 saturated heterocycles. The van der Waals surface area contributed by atoms with E-state index in [1.54, 1.807) is 18.4 Å². The van der Waals surface area contributed by atoms with E-state index in [4.69, 9.17) is 4.74 Å². The average Bonchev–Trinajstić information content (AvgIpc) is 2.90. The lowest BCUT2D eigenvalue weighted by molar-refractivity contribution is 0.410. The SMILES string of the molecule is COc1ccc2c(c1)CCCC2NCc1csc(C)n1. The molecule has 1 aliphatic carbocycles. The summed E-state index contributed by atoms with van der Waals surface area (Å²) in [5, 5.41) is 6.92. The van der Waals surface area contributed by atoms with E-state index in [1.807, 2.05) is 0 Å². The number of hydrogen-bond acceptors (Lipinski definition) is 4. The minimum absolute atomic E-state index is 0.437. The van der Waals surface area contributed by atoms with Crippen molar-refractivity contribution in [3.8, 4) is 5.75 Å². The normalized spacial score (nSPS) is 17.8. The van der Waals surface area contributed by atoms with Crippen LogP contribution in [0.15, 0.2) is 23.6 Å². The van der Waals surface area contributed by atoms with Gasteiger partial charge in [0.15, 0.2) is 0 Å². The average molecular weight is 288 g/mol. The van der Waals surface area contributed by atoms with Gasteiger partial charge in [-0.25, -0.2) is 4.98 Å². The fourth-order valence-electron chi connectivity index (χ4n) is 2.85. The van der Waals surface area contributed by atoms with Crippen LogP contribution in [-0.2, 0) is 13.0 Å². The maximum atomic E-state index is 5.32. The summed E-state index contributed by atoms with van der Waals surface area (Å²) in [6, 6.07) is 6.88. The maximum Gasteiger partial charge on any atom is 0.119 e. The Morgan fingerprint density at radius 2 is 2.35 bits per heavy atom. The molecule has 0 amide bonds. The van der Waals surface area contributed by atoms with E-state index in [2.05, 4.69) is 40.8 Å². The molecule has 3 rings (SSSR count). The van der Waals surface area contributed by atoms with Crippen LogP contribution in [0, 0.1) is 6.92 Å². The molecule has 0 radical (unpaired) electrons. The number of nitrogens with one attached hydrogen (secondary N) is 1. The molecule has 1 aromatic carbocycles. The Kier molecular flexibility index (Phi) is 4.03. The summed E-state index contributed by atoms with van der Waals surface area (Å²) >= 11 is 1.71. The van der Waals surface area contributed by atoms with Gasteiger partial charge < -0.3 is 10.1 Å². The third-order valence-electron chi connectivity index (χ3n) is 3.86. The number of aromatic nitrogens is 1. The van der Waals surface area contributed by atoms with E-state index in [0.29, 0.717) is 6.04 Å². The highest BCUT2D eigenvalue weighted by atomic mass is 32.1. The summed E-state index contributed by atoms with van der Waals surface area (Å²) in [6.45, 7) is 2.90. The Labute approximate surface area is 124 Å². The van der Waals surface area contributed by atoms with Gasteiger partial charge in [0.2, 0.25) is 0 Å². The lowest BCUT2D eigenvalue weighted by Gasteiger charge is -2.26. The Morgan fingerprint density at radius 3 is 3.10 bits per heavy atom. The Bertz CT molecular complexity index is 594. The van der Waals surface area contributed by atoms with Gasteiger partial charge in [0.1, 0.15) is 5.75 Å². The molecule has 0 spiro atoms. The number of hydrogen-bond donors (Lipinski definition) is 1. The van der Waals surface area contributed by atoms with Gasteiger partial charge in [-0.2, -0.15) is 0 Å². The first kappa shape index (κ1) is 13.6. The van der Waals surface area contributed by atoms with Crippen molar-refractivity contribution in [1.29, 1.82) is 0 Å². The van der Waals surface area contributed by atoms with E-state index < -0.39 is 0 Å². The highest BCUT2D eigenvalue weighted by Crippen LogP contribution is 2.32. The number of methoxy groups -OCH3 is 1. The van der Waals surface area contributed by atoms with Crippen LogP contribution in [0.5, 0.6) is 5.75 Å². The number of aryl methyl sites for hydroxylation is 2. The second kappa shape index (κ2) is 5.94. The Balaban J connectivity index is 1.73. The van der Waals surface area contributed by atoms with Crippen molar-refractivity contribution in [2.24, 2.45) is 0 Å². The van der Waals surface area contributed by atoms with Crippen LogP contribution in [0.4, 0.5) is 0 Å². The minimum atomic E-state index is 0.437. The van der Waals surface area contributed by atoms with Crippen molar-refractivity contribution in [2.45, 2.75) is 38.8 Å². The molecule has 0 fully saturated rings. The quantitative estimate of drug-likeness (QED) is 0.933. The molecule has 1 N–H and O–H groups in total. The topological polar surface area (TPSA) is 34.1 Å². The summed E-state index contributed by atoms with van der Waals surface area (Å²) < 4.78 is 5.32. The second-order valence-electron chi connectivity index (χ2n) is 5.25. The number of nitrogens with zero attached hydrogens (tertiary/aromatic N) is 1. The molecular weight excluding hydrogens is 268 g/mol. The highest BCUT2D eigenvalue weighted by Gasteiger charge is 2.20. The number of rotatable bonds is 4. The molecule has 3 nitrogen and oxygen atoms in total. The van der Waals surface area contributed by atoms with Crippen molar-refractivity contribution >= 4 is 11.3 Å². The largest absolute Gasteiger partial charge is 0.497 e. The van der Waals surface area contributed by atoms with Crippen LogP contribution < -0.4 is 10.1 Å². The van der Waals surface area contributed by atoms with Gasteiger partial charge in [-0.05, 0) is 49.4 Å². The van der Waals surface area contributed by atoms with Gasteiger partial charge in [-0.1, -0.05) is 6.07 Å². The predicted octanol–water partition coefficient (Wildman–Crippen LogP) is 3.63. The molecule has 1 aromatic heterocycles. The van der Waals surface area contributed by atoms with Gasteiger partial charge in [-0.3, -0.25) is 0 Å². The first-order valence-electron chi connectivity index (χ1n) is 7.07. The van der Waals surface area contributed by atoms with Gasteiger partial charge in [0.05, 0.1) is 17.8 Å². The molecular formula is C16H20N2OS. The smallest absolute Gasteiger partial charge is 0.119 e. The third-order valence-corrected chi connectivity index (χ3v) is 4.68. The zero-order valence-corrected chi connectivity index (χ0v) is 12.8. The zero-order valence-electron chi connectivity index (χ0n) is 12.0. The van der Waals surface area contributed by atoms with Crippen molar-refractivity contribution < 1.29 is 4.74 Å². The summed E-state index contributed by atoms with van der Waals surface area (Å²) in [5.74, 6) is 0.958. The number of thiazole rings is 1. The van der Waals surface area contributed by atoms with Gasteiger partial charge in [-0.15, -0.1) is 11.3 Å². The summed E-state index contributed by atoms with van der Waals surface area (Å²) in [7, 11) is 1.73. The van der Waals surface area contributed by atoms with Gasteiger partial charge in [0.25, 0.3) is 0 Å². The molecule has 0 saturated carbocycles. The molecule has 4 heteroatoms. The van der Waals surface area contributed by atoms with E-state index in [1.165, 1.54) is 24.0 Å². The maximum absolute atomic E-state index is 5.32. The van der Waals surface area contributed by atoms with Crippen LogP contribution in [0.2, 0.25) is 0 Å². The van der Waals surface area contributed by atoms with Gasteiger partial charge in [0, 0.05) is 18.0 Å². The molecule has 106 valence electrons. The molecule has 20 heavy (non-hydrogen) atoms. The van der Waals surface area contributed by atoms with Crippen molar-refractivity contribution in [1.82, 2.24) is 10.3 Å². The first-order chi connectivity index (χ1) is 9.76. The van der Waals surface area contributed by atoms with Crippen molar-refractivity contribution in [3.63, 3.8) is 0 Å². The summed E-state index contributed by atoms with van der Waals surface area (Å²) in [4.78, 5) is 4.51. The lowest BCUT2D eigenvalue weighted by atomic mass is 9.87.